The number of hydrogen-bond donors (Lipinski definition) is 3. The lowest BCUT2D eigenvalue weighted by Gasteiger charge is -2.18. The predicted octanol–water partition coefficient (Wildman–Crippen LogP) is -0.847. The molecule has 0 fully saturated rings. The number of benzene rings is 1. The summed E-state index contributed by atoms with van der Waals surface area (Å²) in [6, 6.07) is 8.73. The number of aliphatic hydroxyl groups excluding tert-OH is 3. The Balaban J connectivity index is 2.37. The van der Waals surface area contributed by atoms with Gasteiger partial charge in [-0.1, -0.05) is 32.0 Å². The second-order valence-corrected chi connectivity index (χ2v) is 7.08. The Morgan fingerprint density at radius 3 is 1.53 bits per heavy atom. The summed E-state index contributed by atoms with van der Waals surface area (Å²) >= 11 is 0. The van der Waals surface area contributed by atoms with Crippen molar-refractivity contribution >= 4 is 0 Å². The van der Waals surface area contributed by atoms with Gasteiger partial charge in [-0.25, -0.2) is 28.1 Å². The van der Waals surface area contributed by atoms with Crippen LogP contribution in [0.1, 0.15) is 26.7 Å². The third kappa shape index (κ3) is 5.91. The van der Waals surface area contributed by atoms with Gasteiger partial charge in [-0.3, -0.25) is 0 Å². The molecule has 10 heteroatoms. The molecule has 0 amide bonds. The molecule has 1 aromatic heterocycles. The van der Waals surface area contributed by atoms with E-state index in [1.165, 1.54) is 0 Å². The van der Waals surface area contributed by atoms with Crippen molar-refractivity contribution in [1.29, 1.82) is 0 Å². The first-order valence-corrected chi connectivity index (χ1v) is 9.94. The number of aromatic nitrogens is 3. The molecule has 0 aliphatic rings. The molecule has 0 radical (unpaired) electrons. The van der Waals surface area contributed by atoms with Crippen LogP contribution in [0.25, 0.3) is 0 Å². The fraction of sp³-hybridized carbons (Fsp3) is 0.550. The van der Waals surface area contributed by atoms with Gasteiger partial charge in [0.1, 0.15) is 18.5 Å². The Labute approximate surface area is 173 Å². The third-order valence-electron chi connectivity index (χ3n) is 4.69. The highest BCUT2D eigenvalue weighted by Gasteiger charge is 2.20. The SMILES string of the molecule is CCC(O)Cn1c(=O)n(CC(O)CC)c(=O)n(CC(O)COc2ccccc2)c1=O. The molecule has 0 saturated heterocycles. The molecule has 1 heterocycles. The molecule has 1 aromatic carbocycles. The first-order valence-electron chi connectivity index (χ1n) is 9.94. The van der Waals surface area contributed by atoms with Crippen LogP contribution in [0, 0.1) is 0 Å². The number of nitrogens with zero attached hydrogens (tertiary/aromatic N) is 3. The standard InChI is InChI=1S/C20H29N3O7/c1-3-14(24)10-21-18(27)22(11-15(25)4-2)20(29)23(19(21)28)12-16(26)13-30-17-8-6-5-7-9-17/h5-9,14-16,24-26H,3-4,10-13H2,1-2H3. The van der Waals surface area contributed by atoms with Gasteiger partial charge in [-0.2, -0.15) is 0 Å². The van der Waals surface area contributed by atoms with Gasteiger partial charge in [0.05, 0.1) is 31.8 Å². The third-order valence-corrected chi connectivity index (χ3v) is 4.69. The summed E-state index contributed by atoms with van der Waals surface area (Å²) in [6.07, 6.45) is -2.52. The lowest BCUT2D eigenvalue weighted by atomic mass is 10.3. The van der Waals surface area contributed by atoms with Gasteiger partial charge in [0, 0.05) is 0 Å². The van der Waals surface area contributed by atoms with Crippen molar-refractivity contribution in [3.05, 3.63) is 61.8 Å². The fourth-order valence-electron chi connectivity index (χ4n) is 2.80. The minimum Gasteiger partial charge on any atom is -0.491 e. The smallest absolute Gasteiger partial charge is 0.336 e. The van der Waals surface area contributed by atoms with Gasteiger partial charge >= 0.3 is 17.1 Å². The van der Waals surface area contributed by atoms with Crippen LogP contribution in [0.4, 0.5) is 0 Å². The Kier molecular flexibility index (Phi) is 8.58. The molecule has 30 heavy (non-hydrogen) atoms. The van der Waals surface area contributed by atoms with Crippen molar-refractivity contribution in [2.24, 2.45) is 0 Å². The van der Waals surface area contributed by atoms with E-state index in [0.29, 0.717) is 18.6 Å². The highest BCUT2D eigenvalue weighted by molar-refractivity contribution is 5.20. The van der Waals surface area contributed by atoms with Crippen LogP contribution in [0.5, 0.6) is 5.75 Å². The Hall–Kier alpha value is -2.69. The van der Waals surface area contributed by atoms with Gasteiger partial charge in [0.2, 0.25) is 0 Å². The first kappa shape index (κ1) is 23.6. The van der Waals surface area contributed by atoms with E-state index in [1.54, 1.807) is 38.1 Å². The Bertz CT molecular complexity index is 930. The van der Waals surface area contributed by atoms with Crippen LogP contribution in [0.15, 0.2) is 44.7 Å². The summed E-state index contributed by atoms with van der Waals surface area (Å²) in [6.45, 7) is 2.20. The van der Waals surface area contributed by atoms with Crippen molar-refractivity contribution in [2.45, 2.75) is 64.6 Å². The van der Waals surface area contributed by atoms with E-state index in [1.807, 2.05) is 6.07 Å². The molecule has 2 aromatic rings. The van der Waals surface area contributed by atoms with Crippen molar-refractivity contribution < 1.29 is 20.1 Å². The average Bonchev–Trinajstić information content (AvgIpc) is 2.76. The second-order valence-electron chi connectivity index (χ2n) is 7.08. The molecule has 10 nitrogen and oxygen atoms in total. The largest absolute Gasteiger partial charge is 0.491 e. The van der Waals surface area contributed by atoms with Crippen LogP contribution in [0.3, 0.4) is 0 Å². The molecule has 0 saturated carbocycles. The highest BCUT2D eigenvalue weighted by Crippen LogP contribution is 2.08. The molecular weight excluding hydrogens is 394 g/mol. The van der Waals surface area contributed by atoms with Gasteiger partial charge in [-0.15, -0.1) is 0 Å². The van der Waals surface area contributed by atoms with E-state index in [9.17, 15) is 29.7 Å². The molecule has 3 atom stereocenters. The fourth-order valence-corrected chi connectivity index (χ4v) is 2.80. The Morgan fingerprint density at radius 1 is 0.733 bits per heavy atom. The van der Waals surface area contributed by atoms with Gasteiger partial charge in [0.25, 0.3) is 0 Å². The van der Waals surface area contributed by atoms with Crippen LogP contribution in [-0.4, -0.2) is 53.9 Å². The summed E-state index contributed by atoms with van der Waals surface area (Å²) in [5, 5.41) is 30.1. The van der Waals surface area contributed by atoms with E-state index < -0.39 is 41.9 Å². The minimum atomic E-state index is -1.21. The maximum absolute atomic E-state index is 12.8. The maximum Gasteiger partial charge on any atom is 0.336 e. The van der Waals surface area contributed by atoms with Crippen molar-refractivity contribution in [2.75, 3.05) is 6.61 Å². The molecule has 0 bridgehead atoms. The molecule has 2 rings (SSSR count). The highest BCUT2D eigenvalue weighted by atomic mass is 16.5. The molecule has 0 aliphatic heterocycles. The van der Waals surface area contributed by atoms with E-state index in [2.05, 4.69) is 0 Å². The summed E-state index contributed by atoms with van der Waals surface area (Å²) < 4.78 is 7.68. The summed E-state index contributed by atoms with van der Waals surface area (Å²) in [4.78, 5) is 38.2. The van der Waals surface area contributed by atoms with E-state index in [0.717, 1.165) is 13.7 Å². The molecular formula is C20H29N3O7. The number of hydrogen-bond acceptors (Lipinski definition) is 7. The van der Waals surface area contributed by atoms with Gasteiger partial charge in [-0.05, 0) is 25.0 Å². The summed E-state index contributed by atoms with van der Waals surface area (Å²) in [5.74, 6) is 0.517. The summed E-state index contributed by atoms with van der Waals surface area (Å²) in [5.41, 5.74) is -2.77. The van der Waals surface area contributed by atoms with Crippen molar-refractivity contribution in [3.8, 4) is 5.75 Å². The number of para-hydroxylation sites is 1. The monoisotopic (exact) mass is 423 g/mol. The van der Waals surface area contributed by atoms with Gasteiger partial charge < -0.3 is 20.1 Å². The molecule has 0 spiro atoms. The van der Waals surface area contributed by atoms with Crippen molar-refractivity contribution in [1.82, 2.24) is 13.7 Å². The normalized spacial score (nSPS) is 14.3. The van der Waals surface area contributed by atoms with Crippen LogP contribution in [-0.2, 0) is 19.6 Å². The minimum absolute atomic E-state index is 0.176. The van der Waals surface area contributed by atoms with Crippen LogP contribution in [0.2, 0.25) is 0 Å². The zero-order valence-corrected chi connectivity index (χ0v) is 17.2. The molecule has 3 unspecified atom stereocenters. The topological polar surface area (TPSA) is 136 Å². The van der Waals surface area contributed by atoms with E-state index in [4.69, 9.17) is 4.74 Å². The van der Waals surface area contributed by atoms with E-state index in [-0.39, 0.29) is 19.7 Å². The van der Waals surface area contributed by atoms with E-state index >= 15 is 0 Å². The molecule has 3 N–H and O–H groups in total. The summed E-state index contributed by atoms with van der Waals surface area (Å²) in [7, 11) is 0. The lowest BCUT2D eigenvalue weighted by molar-refractivity contribution is 0.0864. The van der Waals surface area contributed by atoms with Gasteiger partial charge in [0.15, 0.2) is 0 Å². The predicted molar refractivity (Wildman–Crippen MR) is 110 cm³/mol. The molecule has 166 valence electrons. The number of rotatable bonds is 11. The lowest BCUT2D eigenvalue weighted by Crippen LogP contribution is -2.57. The number of aliphatic hydroxyl groups is 3. The van der Waals surface area contributed by atoms with Crippen molar-refractivity contribution in [3.63, 3.8) is 0 Å². The first-order chi connectivity index (χ1) is 14.3. The van der Waals surface area contributed by atoms with Crippen LogP contribution >= 0.6 is 0 Å². The second kappa shape index (κ2) is 10.9. The average molecular weight is 423 g/mol. The number of ether oxygens (including phenoxy) is 1. The zero-order chi connectivity index (χ0) is 22.3. The zero-order valence-electron chi connectivity index (χ0n) is 17.2. The molecule has 0 aliphatic carbocycles. The van der Waals surface area contributed by atoms with Crippen LogP contribution < -0.4 is 21.8 Å². The Morgan fingerprint density at radius 2 is 1.13 bits per heavy atom. The maximum atomic E-state index is 12.8. The quantitative estimate of drug-likeness (QED) is 0.428.